The van der Waals surface area contributed by atoms with Crippen LogP contribution in [0.1, 0.15) is 23.6 Å². The van der Waals surface area contributed by atoms with Gasteiger partial charge in [-0.15, -0.1) is 0 Å². The average Bonchev–Trinajstić information content (AvgIpc) is 3.14. The van der Waals surface area contributed by atoms with Crippen molar-refractivity contribution in [3.05, 3.63) is 92.5 Å². The van der Waals surface area contributed by atoms with E-state index in [0.29, 0.717) is 32.7 Å². The van der Waals surface area contributed by atoms with Crippen LogP contribution in [-0.4, -0.2) is 17.7 Å². The van der Waals surface area contributed by atoms with Crippen LogP contribution in [0, 0.1) is 12.7 Å². The Hall–Kier alpha value is -3.10. The molecular formula is C26H22BrFN2O3S. The number of rotatable bonds is 7. The standard InChI is InChI=1S/C26H22BrFN2O3S/c1-3-32-22-13-18(12-21(27)24(22)33-15-17-6-8-19(28)9-7-17)14-23-25(31)30-26(34-23)29-20-10-4-16(2)5-11-20/h4-14H,3,15H2,1-2H3,(H,29,30,31)/b23-14+. The van der Waals surface area contributed by atoms with Crippen molar-refractivity contribution in [3.63, 3.8) is 0 Å². The lowest BCUT2D eigenvalue weighted by molar-refractivity contribution is -0.115. The number of amides is 1. The first-order valence-corrected chi connectivity index (χ1v) is 12.2. The lowest BCUT2D eigenvalue weighted by atomic mass is 10.1. The van der Waals surface area contributed by atoms with Gasteiger partial charge in [0.1, 0.15) is 12.4 Å². The fourth-order valence-corrected chi connectivity index (χ4v) is 4.59. The lowest BCUT2D eigenvalue weighted by Crippen LogP contribution is -2.19. The molecule has 0 atom stereocenters. The maximum absolute atomic E-state index is 13.2. The van der Waals surface area contributed by atoms with Crippen LogP contribution in [0.15, 0.2) is 75.0 Å². The molecule has 3 aromatic carbocycles. The second kappa shape index (κ2) is 10.9. The fourth-order valence-electron chi connectivity index (χ4n) is 3.18. The highest BCUT2D eigenvalue weighted by molar-refractivity contribution is 9.10. The van der Waals surface area contributed by atoms with E-state index in [1.165, 1.54) is 23.9 Å². The highest BCUT2D eigenvalue weighted by atomic mass is 79.9. The van der Waals surface area contributed by atoms with Gasteiger partial charge < -0.3 is 14.8 Å². The number of hydrogen-bond acceptors (Lipinski definition) is 5. The minimum Gasteiger partial charge on any atom is -0.490 e. The summed E-state index contributed by atoms with van der Waals surface area (Å²) in [4.78, 5) is 17.5. The normalized spacial score (nSPS) is 15.6. The highest BCUT2D eigenvalue weighted by Gasteiger charge is 2.24. The van der Waals surface area contributed by atoms with E-state index in [9.17, 15) is 9.18 Å². The number of carbonyl (C=O) groups excluding carboxylic acids is 1. The minimum absolute atomic E-state index is 0.207. The molecule has 1 aliphatic rings. The number of nitrogens with zero attached hydrogens (tertiary/aromatic N) is 1. The van der Waals surface area contributed by atoms with Crippen molar-refractivity contribution in [2.75, 3.05) is 6.61 Å². The van der Waals surface area contributed by atoms with E-state index in [1.807, 2.05) is 50.2 Å². The van der Waals surface area contributed by atoms with E-state index in [0.717, 1.165) is 22.4 Å². The Balaban J connectivity index is 1.54. The molecule has 174 valence electrons. The van der Waals surface area contributed by atoms with Crippen LogP contribution in [0.5, 0.6) is 11.5 Å². The maximum atomic E-state index is 13.2. The van der Waals surface area contributed by atoms with Gasteiger partial charge in [0.2, 0.25) is 0 Å². The maximum Gasteiger partial charge on any atom is 0.264 e. The van der Waals surface area contributed by atoms with Gasteiger partial charge in [-0.3, -0.25) is 4.79 Å². The van der Waals surface area contributed by atoms with E-state index < -0.39 is 0 Å². The molecule has 0 spiro atoms. The van der Waals surface area contributed by atoms with Crippen molar-refractivity contribution in [1.29, 1.82) is 0 Å². The zero-order valence-electron chi connectivity index (χ0n) is 18.6. The molecule has 8 heteroatoms. The molecule has 0 saturated carbocycles. The van der Waals surface area contributed by atoms with Crippen molar-refractivity contribution < 1.29 is 18.7 Å². The number of carbonyl (C=O) groups is 1. The number of halogens is 2. The summed E-state index contributed by atoms with van der Waals surface area (Å²) in [6, 6.07) is 17.6. The third kappa shape index (κ3) is 6.07. The molecule has 1 saturated heterocycles. The van der Waals surface area contributed by atoms with Crippen LogP contribution < -0.4 is 14.8 Å². The van der Waals surface area contributed by atoms with Crippen molar-refractivity contribution in [2.45, 2.75) is 20.5 Å². The number of benzene rings is 3. The topological polar surface area (TPSA) is 59.9 Å². The molecule has 0 unspecified atom stereocenters. The second-order valence-corrected chi connectivity index (χ2v) is 9.38. The zero-order valence-corrected chi connectivity index (χ0v) is 21.0. The number of aliphatic imine (C=N–C) groups is 1. The van der Waals surface area contributed by atoms with Gasteiger partial charge in [0.25, 0.3) is 5.91 Å². The fraction of sp³-hybridized carbons (Fsp3) is 0.154. The van der Waals surface area contributed by atoms with Crippen LogP contribution in [0.4, 0.5) is 10.1 Å². The summed E-state index contributed by atoms with van der Waals surface area (Å²) in [6.45, 7) is 4.60. The van der Waals surface area contributed by atoms with Crippen molar-refractivity contribution >= 4 is 50.5 Å². The monoisotopic (exact) mass is 540 g/mol. The Morgan fingerprint density at radius 3 is 2.53 bits per heavy atom. The van der Waals surface area contributed by atoms with Gasteiger partial charge in [-0.1, -0.05) is 29.8 Å². The lowest BCUT2D eigenvalue weighted by Gasteiger charge is -2.15. The van der Waals surface area contributed by atoms with Crippen LogP contribution >= 0.6 is 27.7 Å². The SMILES string of the molecule is CCOc1cc(/C=C2/SC(=Nc3ccc(C)cc3)NC2=O)cc(Br)c1OCc1ccc(F)cc1. The number of aryl methyl sites for hydroxylation is 1. The Bertz CT molecular complexity index is 1260. The number of hydrogen-bond donors (Lipinski definition) is 1. The predicted octanol–water partition coefficient (Wildman–Crippen LogP) is 6.77. The Kier molecular flexibility index (Phi) is 7.70. The van der Waals surface area contributed by atoms with Gasteiger partial charge >= 0.3 is 0 Å². The molecule has 34 heavy (non-hydrogen) atoms. The molecule has 0 aliphatic carbocycles. The summed E-state index contributed by atoms with van der Waals surface area (Å²) in [5, 5.41) is 3.34. The highest BCUT2D eigenvalue weighted by Crippen LogP contribution is 2.39. The molecule has 1 amide bonds. The first kappa shape index (κ1) is 24.0. The van der Waals surface area contributed by atoms with Crippen LogP contribution in [-0.2, 0) is 11.4 Å². The summed E-state index contributed by atoms with van der Waals surface area (Å²) >= 11 is 4.84. The summed E-state index contributed by atoms with van der Waals surface area (Å²) in [7, 11) is 0. The third-order valence-electron chi connectivity index (χ3n) is 4.84. The largest absolute Gasteiger partial charge is 0.490 e. The Morgan fingerprint density at radius 1 is 1.09 bits per heavy atom. The molecule has 0 bridgehead atoms. The van der Waals surface area contributed by atoms with Crippen molar-refractivity contribution in [2.24, 2.45) is 4.99 Å². The molecular weight excluding hydrogens is 519 g/mol. The summed E-state index contributed by atoms with van der Waals surface area (Å²) in [6.07, 6.45) is 1.79. The second-order valence-electron chi connectivity index (χ2n) is 7.50. The predicted molar refractivity (Wildman–Crippen MR) is 138 cm³/mol. The van der Waals surface area contributed by atoms with E-state index in [4.69, 9.17) is 9.47 Å². The van der Waals surface area contributed by atoms with E-state index in [2.05, 4.69) is 26.2 Å². The zero-order chi connectivity index (χ0) is 24.1. The Labute approximate surface area is 210 Å². The van der Waals surface area contributed by atoms with Crippen LogP contribution in [0.25, 0.3) is 6.08 Å². The summed E-state index contributed by atoms with van der Waals surface area (Å²) in [5.41, 5.74) is 3.53. The number of amidine groups is 1. The molecule has 5 nitrogen and oxygen atoms in total. The molecule has 1 N–H and O–H groups in total. The van der Waals surface area contributed by atoms with Gasteiger partial charge in [0.05, 0.1) is 21.7 Å². The van der Waals surface area contributed by atoms with E-state index >= 15 is 0 Å². The van der Waals surface area contributed by atoms with Gasteiger partial charge in [-0.05, 0) is 95.1 Å². The van der Waals surface area contributed by atoms with Crippen LogP contribution in [0.3, 0.4) is 0 Å². The average molecular weight is 541 g/mol. The molecule has 1 aliphatic heterocycles. The van der Waals surface area contributed by atoms with Crippen molar-refractivity contribution in [3.8, 4) is 11.5 Å². The first-order valence-electron chi connectivity index (χ1n) is 10.6. The van der Waals surface area contributed by atoms with Gasteiger partial charge in [0, 0.05) is 0 Å². The van der Waals surface area contributed by atoms with Gasteiger partial charge in [-0.2, -0.15) is 0 Å². The number of thioether (sulfide) groups is 1. The van der Waals surface area contributed by atoms with E-state index in [1.54, 1.807) is 18.2 Å². The molecule has 1 heterocycles. The quantitative estimate of drug-likeness (QED) is 0.336. The van der Waals surface area contributed by atoms with Crippen molar-refractivity contribution in [1.82, 2.24) is 5.32 Å². The summed E-state index contributed by atoms with van der Waals surface area (Å²) in [5.74, 6) is 0.584. The number of nitrogens with one attached hydrogen (secondary N) is 1. The van der Waals surface area contributed by atoms with Gasteiger partial charge in [-0.25, -0.2) is 9.38 Å². The van der Waals surface area contributed by atoms with Crippen LogP contribution in [0.2, 0.25) is 0 Å². The minimum atomic E-state index is -0.293. The molecule has 4 rings (SSSR count). The number of ether oxygens (including phenoxy) is 2. The third-order valence-corrected chi connectivity index (χ3v) is 6.34. The first-order chi connectivity index (χ1) is 16.4. The molecule has 1 fully saturated rings. The van der Waals surface area contributed by atoms with E-state index in [-0.39, 0.29) is 18.3 Å². The molecule has 0 aromatic heterocycles. The summed E-state index contributed by atoms with van der Waals surface area (Å²) < 4.78 is 25.6. The Morgan fingerprint density at radius 2 is 1.82 bits per heavy atom. The molecule has 3 aromatic rings. The smallest absolute Gasteiger partial charge is 0.264 e. The van der Waals surface area contributed by atoms with Gasteiger partial charge in [0.15, 0.2) is 16.7 Å². The molecule has 0 radical (unpaired) electrons.